The molecule has 0 aromatic heterocycles. The van der Waals surface area contributed by atoms with Gasteiger partial charge in [0, 0.05) is 16.6 Å². The minimum Gasteiger partial charge on any atom is -0.330 e. The molecule has 0 bridgehead atoms. The summed E-state index contributed by atoms with van der Waals surface area (Å²) in [5, 5.41) is 2.44. The van der Waals surface area contributed by atoms with Gasteiger partial charge in [0.1, 0.15) is 0 Å². The maximum atomic E-state index is 12.7. The van der Waals surface area contributed by atoms with Crippen LogP contribution in [0.4, 0.5) is 18.9 Å². The fraction of sp³-hybridized carbons (Fsp3) is 0.417. The van der Waals surface area contributed by atoms with E-state index in [-0.39, 0.29) is 22.5 Å². The average Bonchev–Trinajstić information content (AvgIpc) is 2.30. The van der Waals surface area contributed by atoms with Gasteiger partial charge in [0.15, 0.2) is 0 Å². The first-order chi connectivity index (χ1) is 8.84. The Hall–Kier alpha value is -1.08. The molecule has 106 valence electrons. The monoisotopic (exact) mass is 338 g/mol. The highest BCUT2D eigenvalue weighted by atomic mass is 79.9. The Morgan fingerprint density at radius 1 is 1.32 bits per heavy atom. The van der Waals surface area contributed by atoms with Crippen LogP contribution in [0.1, 0.15) is 24.8 Å². The SMILES string of the molecule is NCCCCC(=O)Nc1ccc(Br)c(C(F)(F)F)c1. The van der Waals surface area contributed by atoms with Crippen LogP contribution in [-0.2, 0) is 11.0 Å². The summed E-state index contributed by atoms with van der Waals surface area (Å²) in [6, 6.07) is 3.59. The topological polar surface area (TPSA) is 55.1 Å². The third-order valence-corrected chi connectivity index (χ3v) is 3.10. The first kappa shape index (κ1) is 16.0. The van der Waals surface area contributed by atoms with E-state index in [0.717, 1.165) is 6.07 Å². The van der Waals surface area contributed by atoms with Crippen molar-refractivity contribution in [2.45, 2.75) is 25.4 Å². The fourth-order valence-electron chi connectivity index (χ4n) is 1.47. The lowest BCUT2D eigenvalue weighted by Crippen LogP contribution is -2.13. The lowest BCUT2D eigenvalue weighted by Gasteiger charge is -2.12. The summed E-state index contributed by atoms with van der Waals surface area (Å²) in [7, 11) is 0. The zero-order valence-corrected chi connectivity index (χ0v) is 11.6. The summed E-state index contributed by atoms with van der Waals surface area (Å²) in [6.07, 6.45) is -2.89. The van der Waals surface area contributed by atoms with Crippen molar-refractivity contribution in [3.8, 4) is 0 Å². The number of nitrogens with two attached hydrogens (primary N) is 1. The van der Waals surface area contributed by atoms with Gasteiger partial charge in [-0.1, -0.05) is 15.9 Å². The van der Waals surface area contributed by atoms with Crippen LogP contribution in [0.25, 0.3) is 0 Å². The molecule has 0 radical (unpaired) electrons. The molecule has 1 amide bonds. The number of benzene rings is 1. The predicted octanol–water partition coefficient (Wildman–Crippen LogP) is 3.54. The van der Waals surface area contributed by atoms with Crippen molar-refractivity contribution in [3.63, 3.8) is 0 Å². The standard InChI is InChI=1S/C12H14BrF3N2O/c13-10-5-4-8(7-9(10)12(14,15)16)18-11(19)3-1-2-6-17/h4-5,7H,1-3,6,17H2,(H,18,19). The summed E-state index contributed by atoms with van der Waals surface area (Å²) in [4.78, 5) is 11.5. The number of amides is 1. The zero-order valence-electron chi connectivity index (χ0n) is 10.1. The Morgan fingerprint density at radius 2 is 2.00 bits per heavy atom. The van der Waals surface area contributed by atoms with E-state index in [4.69, 9.17) is 5.73 Å². The van der Waals surface area contributed by atoms with Gasteiger partial charge in [-0.15, -0.1) is 0 Å². The lowest BCUT2D eigenvalue weighted by molar-refractivity contribution is -0.138. The smallest absolute Gasteiger partial charge is 0.330 e. The molecule has 0 saturated carbocycles. The van der Waals surface area contributed by atoms with Gasteiger partial charge in [0.25, 0.3) is 0 Å². The third kappa shape index (κ3) is 5.20. The number of unbranched alkanes of at least 4 members (excludes halogenated alkanes) is 1. The van der Waals surface area contributed by atoms with E-state index in [1.165, 1.54) is 12.1 Å². The van der Waals surface area contributed by atoms with E-state index in [9.17, 15) is 18.0 Å². The number of hydrogen-bond acceptors (Lipinski definition) is 2. The van der Waals surface area contributed by atoms with Gasteiger partial charge in [-0.05, 0) is 37.6 Å². The molecular formula is C12H14BrF3N2O. The van der Waals surface area contributed by atoms with Crippen LogP contribution in [0.15, 0.2) is 22.7 Å². The highest BCUT2D eigenvalue weighted by molar-refractivity contribution is 9.10. The number of hydrogen-bond donors (Lipinski definition) is 2. The Bertz CT molecular complexity index is 449. The minimum absolute atomic E-state index is 0.0545. The second-order valence-electron chi connectivity index (χ2n) is 3.99. The van der Waals surface area contributed by atoms with Crippen molar-refractivity contribution >= 4 is 27.5 Å². The second kappa shape index (κ2) is 6.91. The van der Waals surface area contributed by atoms with Crippen molar-refractivity contribution in [2.24, 2.45) is 5.73 Å². The van der Waals surface area contributed by atoms with Gasteiger partial charge < -0.3 is 11.1 Å². The molecule has 19 heavy (non-hydrogen) atoms. The number of anilines is 1. The highest BCUT2D eigenvalue weighted by Gasteiger charge is 2.33. The molecular weight excluding hydrogens is 325 g/mol. The maximum Gasteiger partial charge on any atom is 0.417 e. The van der Waals surface area contributed by atoms with Crippen LogP contribution in [0, 0.1) is 0 Å². The zero-order chi connectivity index (χ0) is 14.5. The Kier molecular flexibility index (Phi) is 5.81. The second-order valence-corrected chi connectivity index (χ2v) is 4.84. The van der Waals surface area contributed by atoms with Crippen LogP contribution in [0.3, 0.4) is 0 Å². The minimum atomic E-state index is -4.46. The summed E-state index contributed by atoms with van der Waals surface area (Å²) >= 11 is 2.84. The molecule has 3 N–H and O–H groups in total. The summed E-state index contributed by atoms with van der Waals surface area (Å²) in [5.41, 5.74) is 4.61. The summed E-state index contributed by atoms with van der Waals surface area (Å²) in [6.45, 7) is 0.490. The highest BCUT2D eigenvalue weighted by Crippen LogP contribution is 2.36. The Morgan fingerprint density at radius 3 is 2.58 bits per heavy atom. The Balaban J connectivity index is 2.72. The molecule has 7 heteroatoms. The van der Waals surface area contributed by atoms with Crippen LogP contribution in [-0.4, -0.2) is 12.5 Å². The molecule has 0 fully saturated rings. The van der Waals surface area contributed by atoms with Crippen LogP contribution in [0.2, 0.25) is 0 Å². The molecule has 1 rings (SSSR count). The molecule has 0 heterocycles. The van der Waals surface area contributed by atoms with Crippen molar-refractivity contribution in [2.75, 3.05) is 11.9 Å². The van der Waals surface area contributed by atoms with Crippen LogP contribution >= 0.6 is 15.9 Å². The average molecular weight is 339 g/mol. The Labute approximate surface area is 117 Å². The number of rotatable bonds is 5. The quantitative estimate of drug-likeness (QED) is 0.807. The molecule has 1 aromatic rings. The first-order valence-corrected chi connectivity index (χ1v) is 6.50. The normalized spacial score (nSPS) is 11.4. The summed E-state index contributed by atoms with van der Waals surface area (Å²) < 4.78 is 37.9. The van der Waals surface area contributed by atoms with Crippen molar-refractivity contribution in [3.05, 3.63) is 28.2 Å². The largest absolute Gasteiger partial charge is 0.417 e. The predicted molar refractivity (Wildman–Crippen MR) is 70.7 cm³/mol. The molecule has 0 atom stereocenters. The van der Waals surface area contributed by atoms with Gasteiger partial charge in [0.2, 0.25) is 5.91 Å². The van der Waals surface area contributed by atoms with E-state index >= 15 is 0 Å². The van der Waals surface area contributed by atoms with Gasteiger partial charge in [-0.2, -0.15) is 13.2 Å². The number of carbonyl (C=O) groups is 1. The third-order valence-electron chi connectivity index (χ3n) is 2.41. The number of nitrogens with one attached hydrogen (secondary N) is 1. The fourth-order valence-corrected chi connectivity index (χ4v) is 1.95. The van der Waals surface area contributed by atoms with E-state index in [2.05, 4.69) is 21.2 Å². The van der Waals surface area contributed by atoms with Gasteiger partial charge in [-0.25, -0.2) is 0 Å². The van der Waals surface area contributed by atoms with Gasteiger partial charge in [-0.3, -0.25) is 4.79 Å². The molecule has 0 saturated heterocycles. The van der Waals surface area contributed by atoms with Crippen molar-refractivity contribution < 1.29 is 18.0 Å². The molecule has 1 aromatic carbocycles. The molecule has 0 aliphatic carbocycles. The van der Waals surface area contributed by atoms with Crippen LogP contribution < -0.4 is 11.1 Å². The molecule has 3 nitrogen and oxygen atoms in total. The number of alkyl halides is 3. The molecule has 0 aliphatic rings. The lowest BCUT2D eigenvalue weighted by atomic mass is 10.2. The molecule has 0 spiro atoms. The van der Waals surface area contributed by atoms with Crippen molar-refractivity contribution in [1.82, 2.24) is 0 Å². The van der Waals surface area contributed by atoms with Gasteiger partial charge >= 0.3 is 6.18 Å². The van der Waals surface area contributed by atoms with Crippen LogP contribution in [0.5, 0.6) is 0 Å². The van der Waals surface area contributed by atoms with E-state index < -0.39 is 11.7 Å². The summed E-state index contributed by atoms with van der Waals surface area (Å²) in [5.74, 6) is -0.316. The van der Waals surface area contributed by atoms with Gasteiger partial charge in [0.05, 0.1) is 5.56 Å². The van der Waals surface area contributed by atoms with E-state index in [0.29, 0.717) is 19.4 Å². The first-order valence-electron chi connectivity index (χ1n) is 5.71. The molecule has 0 unspecified atom stereocenters. The number of halogens is 4. The van der Waals surface area contributed by atoms with E-state index in [1.807, 2.05) is 0 Å². The van der Waals surface area contributed by atoms with E-state index in [1.54, 1.807) is 0 Å². The van der Waals surface area contributed by atoms with Crippen molar-refractivity contribution in [1.29, 1.82) is 0 Å². The number of carbonyl (C=O) groups excluding carboxylic acids is 1. The molecule has 0 aliphatic heterocycles. The maximum absolute atomic E-state index is 12.7.